The van der Waals surface area contributed by atoms with Crippen molar-refractivity contribution in [3.63, 3.8) is 0 Å². The molecule has 158 valence electrons. The molecular weight excluding hydrogens is 376 g/mol. The topological polar surface area (TPSA) is 119 Å². The van der Waals surface area contributed by atoms with Crippen LogP contribution in [0.3, 0.4) is 0 Å². The first-order valence-corrected chi connectivity index (χ1v) is 9.91. The first-order valence-electron chi connectivity index (χ1n) is 9.91. The summed E-state index contributed by atoms with van der Waals surface area (Å²) in [4.78, 5) is 25.2. The van der Waals surface area contributed by atoms with Gasteiger partial charge in [-0.1, -0.05) is 38.0 Å². The minimum Gasteiger partial charge on any atom is -0.381 e. The third-order valence-corrected chi connectivity index (χ3v) is 5.10. The molecule has 1 aliphatic heterocycles. The lowest BCUT2D eigenvalue weighted by molar-refractivity contribution is 0.0340. The van der Waals surface area contributed by atoms with Crippen LogP contribution >= 0.6 is 0 Å². The predicted octanol–water partition coefficient (Wildman–Crippen LogP) is 2.62. The molecule has 1 saturated heterocycles. The molecule has 0 aliphatic carbocycles. The van der Waals surface area contributed by atoms with Crippen molar-refractivity contribution in [2.75, 3.05) is 19.8 Å². The highest BCUT2D eigenvalue weighted by molar-refractivity contribution is 5.93. The molecule has 9 nitrogen and oxygen atoms in total. The summed E-state index contributed by atoms with van der Waals surface area (Å²) in [5.74, 6) is -0.0938. The smallest absolute Gasteiger partial charge is 0.290 e. The normalized spacial score (nSPS) is 16.2. The Labute approximate surface area is 169 Å². The fourth-order valence-corrected chi connectivity index (χ4v) is 3.08. The molecule has 3 heterocycles. The summed E-state index contributed by atoms with van der Waals surface area (Å²) in [6.45, 7) is 9.12. The van der Waals surface area contributed by atoms with Gasteiger partial charge < -0.3 is 24.4 Å². The van der Waals surface area contributed by atoms with Crippen molar-refractivity contribution in [1.82, 2.24) is 20.9 Å². The number of nitrogens with one attached hydrogen (secondary N) is 2. The van der Waals surface area contributed by atoms with E-state index in [2.05, 4.69) is 20.9 Å². The maximum absolute atomic E-state index is 12.7. The molecule has 0 unspecified atom stereocenters. The van der Waals surface area contributed by atoms with Crippen molar-refractivity contribution in [3.8, 4) is 0 Å². The van der Waals surface area contributed by atoms with Gasteiger partial charge in [0.15, 0.2) is 0 Å². The molecular formula is C20H28N4O5. The molecule has 0 saturated carbocycles. The van der Waals surface area contributed by atoms with Gasteiger partial charge in [-0.2, -0.15) is 0 Å². The van der Waals surface area contributed by atoms with Gasteiger partial charge in [-0.15, -0.1) is 0 Å². The van der Waals surface area contributed by atoms with E-state index in [0.29, 0.717) is 26.1 Å². The van der Waals surface area contributed by atoms with Gasteiger partial charge >= 0.3 is 0 Å². The van der Waals surface area contributed by atoms with E-state index in [1.54, 1.807) is 12.1 Å². The van der Waals surface area contributed by atoms with E-state index in [4.69, 9.17) is 13.8 Å². The van der Waals surface area contributed by atoms with Gasteiger partial charge in [0.05, 0.1) is 16.9 Å². The van der Waals surface area contributed by atoms with Crippen LogP contribution in [0.4, 0.5) is 0 Å². The first-order chi connectivity index (χ1) is 13.8. The second kappa shape index (κ2) is 8.77. The third kappa shape index (κ3) is 5.03. The van der Waals surface area contributed by atoms with Crippen molar-refractivity contribution in [1.29, 1.82) is 0 Å². The zero-order chi connectivity index (χ0) is 21.0. The van der Waals surface area contributed by atoms with Crippen LogP contribution in [0.5, 0.6) is 0 Å². The monoisotopic (exact) mass is 404 g/mol. The molecule has 2 aromatic rings. The number of hydrogen-bond donors (Lipinski definition) is 2. The molecule has 9 heteroatoms. The molecule has 3 rings (SSSR count). The summed E-state index contributed by atoms with van der Waals surface area (Å²) < 4.78 is 15.8. The number of nitrogens with zero attached hydrogens (tertiary/aromatic N) is 2. The maximum atomic E-state index is 12.7. The number of carbonyl (C=O) groups is 2. The van der Waals surface area contributed by atoms with Crippen LogP contribution in [0.2, 0.25) is 0 Å². The number of carbonyl (C=O) groups excluding carboxylic acids is 2. The van der Waals surface area contributed by atoms with E-state index in [9.17, 15) is 9.59 Å². The second-order valence-electron chi connectivity index (χ2n) is 8.07. The number of rotatable bonds is 7. The lowest BCUT2D eigenvalue weighted by Gasteiger charge is -2.37. The Kier molecular flexibility index (Phi) is 6.36. The van der Waals surface area contributed by atoms with Gasteiger partial charge in [-0.05, 0) is 24.7 Å². The van der Waals surface area contributed by atoms with Crippen molar-refractivity contribution < 1.29 is 23.4 Å². The van der Waals surface area contributed by atoms with Crippen LogP contribution in [-0.4, -0.2) is 47.4 Å². The Balaban J connectivity index is 1.67. The highest BCUT2D eigenvalue weighted by Crippen LogP contribution is 2.22. The first kappa shape index (κ1) is 21.0. The minimum atomic E-state index is -0.642. The van der Waals surface area contributed by atoms with Crippen molar-refractivity contribution in [3.05, 3.63) is 35.0 Å². The Bertz CT molecular complexity index is 849. The summed E-state index contributed by atoms with van der Waals surface area (Å²) in [5.41, 5.74) is 0.794. The molecule has 2 N–H and O–H groups in total. The van der Waals surface area contributed by atoms with Crippen molar-refractivity contribution in [2.24, 2.45) is 0 Å². The predicted molar refractivity (Wildman–Crippen MR) is 104 cm³/mol. The van der Waals surface area contributed by atoms with E-state index in [0.717, 1.165) is 11.4 Å². The molecule has 0 radical (unpaired) electrons. The van der Waals surface area contributed by atoms with Crippen molar-refractivity contribution >= 4 is 11.8 Å². The van der Waals surface area contributed by atoms with Crippen LogP contribution in [-0.2, 0) is 4.74 Å². The van der Waals surface area contributed by atoms with E-state index < -0.39 is 5.54 Å². The SMILES string of the molecule is CC(C)c1cc(C(=O)NCC2(NC(=O)c3cc(C(C)C)no3)CCOCC2)on1. The zero-order valence-corrected chi connectivity index (χ0v) is 17.3. The van der Waals surface area contributed by atoms with Gasteiger partial charge in [-0.25, -0.2) is 0 Å². The molecule has 0 aromatic carbocycles. The van der Waals surface area contributed by atoms with Gasteiger partial charge in [0.25, 0.3) is 11.8 Å². The van der Waals surface area contributed by atoms with Gasteiger partial charge in [0, 0.05) is 31.9 Å². The van der Waals surface area contributed by atoms with Gasteiger partial charge in [-0.3, -0.25) is 9.59 Å². The van der Waals surface area contributed by atoms with E-state index in [1.807, 2.05) is 27.7 Å². The molecule has 2 amide bonds. The number of aromatic nitrogens is 2. The molecule has 29 heavy (non-hydrogen) atoms. The molecule has 0 atom stereocenters. The molecule has 0 spiro atoms. The molecule has 1 fully saturated rings. The third-order valence-electron chi connectivity index (χ3n) is 5.10. The standard InChI is InChI=1S/C20H28N4O5/c1-12(2)14-9-16(28-23-14)18(25)21-11-20(5-7-27-8-6-20)22-19(26)17-10-15(13(3)4)24-29-17/h9-10,12-13H,5-8,11H2,1-4H3,(H,21,25)(H,22,26). The Morgan fingerprint density at radius 3 is 1.97 bits per heavy atom. The minimum absolute atomic E-state index is 0.152. The van der Waals surface area contributed by atoms with Crippen molar-refractivity contribution in [2.45, 2.75) is 57.9 Å². The molecule has 2 aromatic heterocycles. The van der Waals surface area contributed by atoms with E-state index >= 15 is 0 Å². The van der Waals surface area contributed by atoms with Crippen LogP contribution in [0.25, 0.3) is 0 Å². The lowest BCUT2D eigenvalue weighted by Crippen LogP contribution is -2.58. The largest absolute Gasteiger partial charge is 0.381 e. The van der Waals surface area contributed by atoms with Crippen LogP contribution < -0.4 is 10.6 Å². The Morgan fingerprint density at radius 1 is 0.966 bits per heavy atom. The summed E-state index contributed by atoms with van der Waals surface area (Å²) >= 11 is 0. The highest BCUT2D eigenvalue weighted by atomic mass is 16.5. The zero-order valence-electron chi connectivity index (χ0n) is 17.3. The van der Waals surface area contributed by atoms with E-state index in [-0.39, 0.29) is 41.7 Å². The van der Waals surface area contributed by atoms with Crippen LogP contribution in [0.15, 0.2) is 21.2 Å². The summed E-state index contributed by atoms with van der Waals surface area (Å²) in [6, 6.07) is 3.28. The summed E-state index contributed by atoms with van der Waals surface area (Å²) in [7, 11) is 0. The van der Waals surface area contributed by atoms with Gasteiger partial charge in [0.1, 0.15) is 0 Å². The number of ether oxygens (including phenoxy) is 1. The average molecular weight is 404 g/mol. The molecule has 1 aliphatic rings. The fraction of sp³-hybridized carbons (Fsp3) is 0.600. The Hall–Kier alpha value is -2.68. The molecule has 0 bridgehead atoms. The number of amides is 2. The maximum Gasteiger partial charge on any atom is 0.290 e. The fourth-order valence-electron chi connectivity index (χ4n) is 3.08. The summed E-state index contributed by atoms with van der Waals surface area (Å²) in [6.07, 6.45) is 1.13. The van der Waals surface area contributed by atoms with Crippen LogP contribution in [0.1, 0.15) is 84.9 Å². The van der Waals surface area contributed by atoms with Gasteiger partial charge in [0.2, 0.25) is 11.5 Å². The number of hydrogen-bond acceptors (Lipinski definition) is 7. The summed E-state index contributed by atoms with van der Waals surface area (Å²) in [5, 5.41) is 13.7. The quantitative estimate of drug-likeness (QED) is 0.728. The second-order valence-corrected chi connectivity index (χ2v) is 8.07. The van der Waals surface area contributed by atoms with Crippen LogP contribution in [0, 0.1) is 0 Å². The highest BCUT2D eigenvalue weighted by Gasteiger charge is 2.36. The van der Waals surface area contributed by atoms with E-state index in [1.165, 1.54) is 0 Å². The Morgan fingerprint density at radius 2 is 1.48 bits per heavy atom. The average Bonchev–Trinajstić information content (AvgIpc) is 3.37. The lowest BCUT2D eigenvalue weighted by atomic mass is 9.89.